The summed E-state index contributed by atoms with van der Waals surface area (Å²) < 4.78 is 65.3. The molecule has 1 aromatic heterocycles. The Bertz CT molecular complexity index is 965. The molecule has 0 unspecified atom stereocenters. The van der Waals surface area contributed by atoms with Crippen LogP contribution in [0.4, 0.5) is 27.6 Å². The van der Waals surface area contributed by atoms with E-state index in [9.17, 15) is 26.7 Å². The number of rotatable bonds is 4. The van der Waals surface area contributed by atoms with Crippen molar-refractivity contribution in [1.29, 1.82) is 0 Å². The van der Waals surface area contributed by atoms with Crippen LogP contribution in [0.2, 0.25) is 0 Å². The molecule has 0 aliphatic heterocycles. The standard InChI is InChI=1S/C16H10F5N5O/c17-11-5-2-6-12(18)14(11)22-13(27)8-26-24-15(23-25-26)9-3-1-4-10(7-9)16(19,20)21/h1-7H,8H2,(H,22,27). The molecule has 1 heterocycles. The molecule has 3 aromatic rings. The van der Waals surface area contributed by atoms with E-state index in [4.69, 9.17) is 0 Å². The summed E-state index contributed by atoms with van der Waals surface area (Å²) in [6, 6.07) is 7.36. The maximum atomic E-state index is 13.5. The number of anilines is 1. The van der Waals surface area contributed by atoms with Crippen LogP contribution >= 0.6 is 0 Å². The maximum Gasteiger partial charge on any atom is 0.416 e. The fourth-order valence-corrected chi connectivity index (χ4v) is 2.19. The first-order valence-corrected chi connectivity index (χ1v) is 7.43. The highest BCUT2D eigenvalue weighted by Crippen LogP contribution is 2.31. The van der Waals surface area contributed by atoms with E-state index in [-0.39, 0.29) is 11.4 Å². The summed E-state index contributed by atoms with van der Waals surface area (Å²) in [4.78, 5) is 12.7. The Morgan fingerprint density at radius 2 is 1.74 bits per heavy atom. The number of carbonyl (C=O) groups is 1. The smallest absolute Gasteiger partial charge is 0.319 e. The van der Waals surface area contributed by atoms with E-state index in [1.807, 2.05) is 5.32 Å². The van der Waals surface area contributed by atoms with E-state index in [2.05, 4.69) is 15.4 Å². The minimum Gasteiger partial charge on any atom is -0.319 e. The fourth-order valence-electron chi connectivity index (χ4n) is 2.19. The first kappa shape index (κ1) is 18.4. The first-order chi connectivity index (χ1) is 12.7. The topological polar surface area (TPSA) is 72.7 Å². The molecule has 1 amide bonds. The summed E-state index contributed by atoms with van der Waals surface area (Å²) in [5, 5.41) is 13.0. The summed E-state index contributed by atoms with van der Waals surface area (Å²) in [7, 11) is 0. The number of aromatic nitrogens is 4. The number of carbonyl (C=O) groups excluding carboxylic acids is 1. The van der Waals surface area contributed by atoms with E-state index in [0.717, 1.165) is 35.1 Å². The van der Waals surface area contributed by atoms with Crippen molar-refractivity contribution >= 4 is 11.6 Å². The van der Waals surface area contributed by atoms with E-state index < -0.39 is 41.5 Å². The van der Waals surface area contributed by atoms with Crippen LogP contribution in [0.5, 0.6) is 0 Å². The molecule has 0 radical (unpaired) electrons. The third-order valence-corrected chi connectivity index (χ3v) is 3.41. The molecule has 0 aliphatic rings. The van der Waals surface area contributed by atoms with Crippen LogP contribution in [0.3, 0.4) is 0 Å². The molecular formula is C16H10F5N5O. The van der Waals surface area contributed by atoms with Crippen LogP contribution < -0.4 is 5.32 Å². The molecule has 11 heteroatoms. The lowest BCUT2D eigenvalue weighted by Crippen LogP contribution is -2.21. The molecule has 140 valence electrons. The summed E-state index contributed by atoms with van der Waals surface area (Å²) in [6.07, 6.45) is -4.53. The van der Waals surface area contributed by atoms with Crippen LogP contribution in [0.25, 0.3) is 11.4 Å². The second kappa shape index (κ2) is 7.09. The number of hydrogen-bond acceptors (Lipinski definition) is 4. The predicted molar refractivity (Wildman–Crippen MR) is 83.2 cm³/mol. The second-order valence-electron chi connectivity index (χ2n) is 5.37. The van der Waals surface area contributed by atoms with E-state index in [0.29, 0.717) is 0 Å². The van der Waals surface area contributed by atoms with Crippen molar-refractivity contribution in [2.45, 2.75) is 12.7 Å². The van der Waals surface area contributed by atoms with Gasteiger partial charge < -0.3 is 5.32 Å². The number of hydrogen-bond donors (Lipinski definition) is 1. The maximum absolute atomic E-state index is 13.5. The molecule has 0 atom stereocenters. The van der Waals surface area contributed by atoms with E-state index >= 15 is 0 Å². The van der Waals surface area contributed by atoms with Crippen molar-refractivity contribution in [2.75, 3.05) is 5.32 Å². The van der Waals surface area contributed by atoms with Gasteiger partial charge in [-0.25, -0.2) is 8.78 Å². The zero-order chi connectivity index (χ0) is 19.6. The van der Waals surface area contributed by atoms with E-state index in [1.165, 1.54) is 12.1 Å². The minimum atomic E-state index is -4.53. The Morgan fingerprint density at radius 1 is 1.07 bits per heavy atom. The van der Waals surface area contributed by atoms with Gasteiger partial charge in [-0.15, -0.1) is 10.2 Å². The van der Waals surface area contributed by atoms with Gasteiger partial charge in [0, 0.05) is 5.56 Å². The van der Waals surface area contributed by atoms with Gasteiger partial charge in [-0.3, -0.25) is 4.79 Å². The SMILES string of the molecule is O=C(Cn1nnc(-c2cccc(C(F)(F)F)c2)n1)Nc1c(F)cccc1F. The van der Waals surface area contributed by atoms with E-state index in [1.54, 1.807) is 0 Å². The number of para-hydroxylation sites is 1. The fraction of sp³-hybridized carbons (Fsp3) is 0.125. The van der Waals surface area contributed by atoms with Crippen LogP contribution in [0, 0.1) is 11.6 Å². The average Bonchev–Trinajstić information content (AvgIpc) is 3.06. The summed E-state index contributed by atoms with van der Waals surface area (Å²) in [5.41, 5.74) is -1.46. The molecule has 0 aliphatic carbocycles. The van der Waals surface area contributed by atoms with Gasteiger partial charge >= 0.3 is 6.18 Å². The molecule has 0 saturated heterocycles. The van der Waals surface area contributed by atoms with Crippen molar-refractivity contribution < 1.29 is 26.7 Å². The average molecular weight is 383 g/mol. The van der Waals surface area contributed by atoms with Gasteiger partial charge in [0.15, 0.2) is 0 Å². The van der Waals surface area contributed by atoms with Gasteiger partial charge in [-0.2, -0.15) is 18.0 Å². The molecule has 6 nitrogen and oxygen atoms in total. The lowest BCUT2D eigenvalue weighted by Gasteiger charge is -2.07. The Kier molecular flexibility index (Phi) is 4.84. The lowest BCUT2D eigenvalue weighted by atomic mass is 10.1. The number of amides is 1. The van der Waals surface area contributed by atoms with Crippen molar-refractivity contribution in [3.63, 3.8) is 0 Å². The Balaban J connectivity index is 1.74. The minimum absolute atomic E-state index is 0.0524. The van der Waals surface area contributed by atoms with Gasteiger partial charge in [0.1, 0.15) is 23.9 Å². The lowest BCUT2D eigenvalue weighted by molar-refractivity contribution is -0.137. The monoisotopic (exact) mass is 383 g/mol. The van der Waals surface area contributed by atoms with Crippen molar-refractivity contribution in [2.24, 2.45) is 0 Å². The van der Waals surface area contributed by atoms with Crippen LogP contribution in [0.15, 0.2) is 42.5 Å². The third-order valence-electron chi connectivity index (χ3n) is 3.41. The van der Waals surface area contributed by atoms with Gasteiger partial charge in [-0.05, 0) is 29.5 Å². The van der Waals surface area contributed by atoms with Gasteiger partial charge in [0.05, 0.1) is 5.56 Å². The number of nitrogens with zero attached hydrogens (tertiary/aromatic N) is 4. The quantitative estimate of drug-likeness (QED) is 0.702. The van der Waals surface area contributed by atoms with Gasteiger partial charge in [-0.1, -0.05) is 18.2 Å². The van der Waals surface area contributed by atoms with Crippen molar-refractivity contribution in [3.05, 3.63) is 59.7 Å². The van der Waals surface area contributed by atoms with Gasteiger partial charge in [0.25, 0.3) is 0 Å². The van der Waals surface area contributed by atoms with Gasteiger partial charge in [0.2, 0.25) is 11.7 Å². The second-order valence-corrected chi connectivity index (χ2v) is 5.37. The number of alkyl halides is 3. The van der Waals surface area contributed by atoms with Crippen molar-refractivity contribution in [3.8, 4) is 11.4 Å². The molecule has 2 aromatic carbocycles. The highest BCUT2D eigenvalue weighted by Gasteiger charge is 2.30. The summed E-state index contributed by atoms with van der Waals surface area (Å²) in [5.74, 6) is -2.89. The zero-order valence-electron chi connectivity index (χ0n) is 13.3. The van der Waals surface area contributed by atoms with Crippen molar-refractivity contribution in [1.82, 2.24) is 20.2 Å². The first-order valence-electron chi connectivity index (χ1n) is 7.43. The molecule has 1 N–H and O–H groups in total. The highest BCUT2D eigenvalue weighted by molar-refractivity contribution is 5.90. The largest absolute Gasteiger partial charge is 0.416 e. The molecule has 0 spiro atoms. The molecular weight excluding hydrogens is 373 g/mol. The van der Waals surface area contributed by atoms with Crippen LogP contribution in [-0.2, 0) is 17.5 Å². The number of nitrogens with one attached hydrogen (secondary N) is 1. The number of tetrazole rings is 1. The van der Waals surface area contributed by atoms with Crippen LogP contribution in [-0.4, -0.2) is 26.1 Å². The number of benzene rings is 2. The Hall–Kier alpha value is -3.37. The molecule has 0 fully saturated rings. The number of halogens is 5. The molecule has 27 heavy (non-hydrogen) atoms. The third kappa shape index (κ3) is 4.25. The molecule has 3 rings (SSSR count). The molecule has 0 saturated carbocycles. The molecule has 0 bridgehead atoms. The Labute approximate surface area is 148 Å². The predicted octanol–water partition coefficient (Wildman–Crippen LogP) is 3.28. The van der Waals surface area contributed by atoms with Crippen LogP contribution in [0.1, 0.15) is 5.56 Å². The summed E-state index contributed by atoms with van der Waals surface area (Å²) in [6.45, 7) is -0.542. The normalized spacial score (nSPS) is 11.4. The zero-order valence-corrected chi connectivity index (χ0v) is 13.3. The summed E-state index contributed by atoms with van der Waals surface area (Å²) >= 11 is 0. The highest BCUT2D eigenvalue weighted by atomic mass is 19.4. The Morgan fingerprint density at radius 3 is 2.41 bits per heavy atom.